The van der Waals surface area contributed by atoms with Gasteiger partial charge in [-0.05, 0) is 11.6 Å². The van der Waals surface area contributed by atoms with Gasteiger partial charge in [-0.25, -0.2) is 10.2 Å². The number of benzene rings is 2. The van der Waals surface area contributed by atoms with Crippen LogP contribution in [0.1, 0.15) is 11.1 Å². The van der Waals surface area contributed by atoms with Crippen LogP contribution in [0.5, 0.6) is 0 Å². The number of hydrogen-bond donors (Lipinski definition) is 3. The van der Waals surface area contributed by atoms with E-state index in [1.165, 1.54) is 6.21 Å². The van der Waals surface area contributed by atoms with Crippen LogP contribution in [0.25, 0.3) is 0 Å². The zero-order valence-corrected chi connectivity index (χ0v) is 14.5. The van der Waals surface area contributed by atoms with Gasteiger partial charge in [0, 0.05) is 10.6 Å². The summed E-state index contributed by atoms with van der Waals surface area (Å²) in [7, 11) is 0. The summed E-state index contributed by atoms with van der Waals surface area (Å²) in [6.07, 6.45) is 0.542. The maximum atomic E-state index is 12.0. The average Bonchev–Trinajstić information content (AvgIpc) is 2.66. The topological polar surface area (TPSA) is 100 Å². The lowest BCUT2D eigenvalue weighted by Crippen LogP contribution is -2.47. The van der Waals surface area contributed by atoms with E-state index in [2.05, 4.69) is 15.8 Å². The molecule has 0 aliphatic carbocycles. The number of halogens is 1. The first kappa shape index (κ1) is 19.4. The van der Waals surface area contributed by atoms with Crippen molar-refractivity contribution in [3.05, 3.63) is 70.7 Å². The molecule has 2 amide bonds. The van der Waals surface area contributed by atoms with Crippen LogP contribution in [0.15, 0.2) is 59.7 Å². The van der Waals surface area contributed by atoms with Crippen molar-refractivity contribution in [1.82, 2.24) is 10.7 Å². The van der Waals surface area contributed by atoms with Crippen LogP contribution >= 0.6 is 11.6 Å². The molecular formula is C18H18ClN3O4. The average molecular weight is 376 g/mol. The molecule has 3 N–H and O–H groups in total. The van der Waals surface area contributed by atoms with Gasteiger partial charge in [0.15, 0.2) is 0 Å². The van der Waals surface area contributed by atoms with Crippen molar-refractivity contribution in [2.45, 2.75) is 12.6 Å². The lowest BCUT2D eigenvalue weighted by molar-refractivity contribution is -0.123. The lowest BCUT2D eigenvalue weighted by atomic mass is 10.2. The zero-order chi connectivity index (χ0) is 18.8. The monoisotopic (exact) mass is 375 g/mol. The Morgan fingerprint density at radius 3 is 2.54 bits per heavy atom. The molecule has 2 rings (SSSR count). The number of rotatable bonds is 7. The second-order valence-electron chi connectivity index (χ2n) is 5.20. The van der Waals surface area contributed by atoms with Gasteiger partial charge in [-0.2, -0.15) is 5.10 Å². The Hall–Kier alpha value is -2.90. The fourth-order valence-electron chi connectivity index (χ4n) is 1.92. The summed E-state index contributed by atoms with van der Waals surface area (Å²) in [5.41, 5.74) is 3.65. The van der Waals surface area contributed by atoms with Gasteiger partial charge in [0.25, 0.3) is 5.91 Å². The van der Waals surface area contributed by atoms with Gasteiger partial charge in [0.2, 0.25) is 0 Å². The second-order valence-corrected chi connectivity index (χ2v) is 5.60. The first-order valence-electron chi connectivity index (χ1n) is 7.75. The summed E-state index contributed by atoms with van der Waals surface area (Å²) in [4.78, 5) is 23.7. The molecule has 1 atom stereocenters. The molecule has 0 spiro atoms. The van der Waals surface area contributed by atoms with E-state index in [-0.39, 0.29) is 6.61 Å². The molecular weight excluding hydrogens is 358 g/mol. The van der Waals surface area contributed by atoms with Gasteiger partial charge in [-0.1, -0.05) is 60.1 Å². The number of alkyl carbamates (subject to hydrolysis) is 1. The van der Waals surface area contributed by atoms with Crippen LogP contribution in [0, 0.1) is 0 Å². The smallest absolute Gasteiger partial charge is 0.408 e. The molecule has 0 radical (unpaired) electrons. The Labute approximate surface area is 155 Å². The predicted molar refractivity (Wildman–Crippen MR) is 97.8 cm³/mol. The fraction of sp³-hybridized carbons (Fsp3) is 0.167. The largest absolute Gasteiger partial charge is 0.445 e. The van der Waals surface area contributed by atoms with E-state index >= 15 is 0 Å². The molecule has 0 aliphatic rings. The summed E-state index contributed by atoms with van der Waals surface area (Å²) in [5, 5.41) is 15.8. The van der Waals surface area contributed by atoms with E-state index in [9.17, 15) is 14.7 Å². The molecule has 0 aromatic heterocycles. The minimum Gasteiger partial charge on any atom is -0.445 e. The maximum Gasteiger partial charge on any atom is 0.408 e. The van der Waals surface area contributed by atoms with Crippen molar-refractivity contribution in [2.24, 2.45) is 5.10 Å². The Morgan fingerprint density at radius 2 is 1.85 bits per heavy atom. The second kappa shape index (κ2) is 10.2. The highest BCUT2D eigenvalue weighted by molar-refractivity contribution is 6.33. The summed E-state index contributed by atoms with van der Waals surface area (Å²) < 4.78 is 5.00. The van der Waals surface area contributed by atoms with Crippen molar-refractivity contribution in [3.8, 4) is 0 Å². The Bertz CT molecular complexity index is 768. The fourth-order valence-corrected chi connectivity index (χ4v) is 2.11. The standard InChI is InChI=1S/C18H18ClN3O4/c19-15-9-5-4-8-14(15)10-20-22-17(24)16(11-23)21-18(25)26-12-13-6-2-1-3-7-13/h1-10,16,23H,11-12H2,(H,21,25)(H,22,24)/b20-10+/t16-/m0/s1. The highest BCUT2D eigenvalue weighted by atomic mass is 35.5. The number of carbonyl (C=O) groups excluding carboxylic acids is 2. The molecule has 0 heterocycles. The summed E-state index contributed by atoms with van der Waals surface area (Å²) >= 11 is 5.97. The van der Waals surface area contributed by atoms with Crippen molar-refractivity contribution in [3.63, 3.8) is 0 Å². The lowest BCUT2D eigenvalue weighted by Gasteiger charge is -2.14. The number of nitrogens with zero attached hydrogens (tertiary/aromatic N) is 1. The Kier molecular flexibility index (Phi) is 7.60. The molecule has 0 saturated carbocycles. The SMILES string of the molecule is O=C(N[C@@H](CO)C(=O)N/N=C/c1ccccc1Cl)OCc1ccccc1. The normalized spacial score (nSPS) is 11.8. The van der Waals surface area contributed by atoms with Crippen LogP contribution < -0.4 is 10.7 Å². The van der Waals surface area contributed by atoms with Gasteiger partial charge in [0.1, 0.15) is 12.6 Å². The predicted octanol–water partition coefficient (Wildman–Crippen LogP) is 2.08. The molecule has 2 aromatic carbocycles. The van der Waals surface area contributed by atoms with Gasteiger partial charge < -0.3 is 15.2 Å². The van der Waals surface area contributed by atoms with Gasteiger partial charge in [-0.3, -0.25) is 4.79 Å². The Morgan fingerprint density at radius 1 is 1.15 bits per heavy atom. The molecule has 8 heteroatoms. The number of nitrogens with one attached hydrogen (secondary N) is 2. The maximum absolute atomic E-state index is 12.0. The highest BCUT2D eigenvalue weighted by Crippen LogP contribution is 2.12. The van der Waals surface area contributed by atoms with Crippen LogP contribution in [0.3, 0.4) is 0 Å². The number of carbonyl (C=O) groups is 2. The van der Waals surface area contributed by atoms with Crippen molar-refractivity contribution < 1.29 is 19.4 Å². The number of hydrogen-bond acceptors (Lipinski definition) is 5. The summed E-state index contributed by atoms with van der Waals surface area (Å²) in [6, 6.07) is 14.8. The molecule has 0 saturated heterocycles. The van der Waals surface area contributed by atoms with Gasteiger partial charge >= 0.3 is 6.09 Å². The number of hydrazone groups is 1. The molecule has 26 heavy (non-hydrogen) atoms. The molecule has 2 aromatic rings. The molecule has 0 bridgehead atoms. The highest BCUT2D eigenvalue weighted by Gasteiger charge is 2.20. The van der Waals surface area contributed by atoms with E-state index in [0.717, 1.165) is 5.56 Å². The molecule has 7 nitrogen and oxygen atoms in total. The number of ether oxygens (including phenoxy) is 1. The molecule has 136 valence electrons. The zero-order valence-electron chi connectivity index (χ0n) is 13.8. The Balaban J connectivity index is 1.82. The van der Waals surface area contributed by atoms with Crippen LogP contribution in [-0.4, -0.2) is 36.0 Å². The first-order valence-corrected chi connectivity index (χ1v) is 8.13. The van der Waals surface area contributed by atoms with Gasteiger partial charge in [-0.15, -0.1) is 0 Å². The molecule has 0 aliphatic heterocycles. The van der Waals surface area contributed by atoms with E-state index in [0.29, 0.717) is 10.6 Å². The van der Waals surface area contributed by atoms with Crippen LogP contribution in [0.4, 0.5) is 4.79 Å². The number of amides is 2. The van der Waals surface area contributed by atoms with Crippen LogP contribution in [-0.2, 0) is 16.1 Å². The van der Waals surface area contributed by atoms with E-state index < -0.39 is 24.6 Å². The third-order valence-corrected chi connectivity index (χ3v) is 3.63. The van der Waals surface area contributed by atoms with E-state index in [4.69, 9.17) is 16.3 Å². The van der Waals surface area contributed by atoms with Crippen LogP contribution in [0.2, 0.25) is 5.02 Å². The van der Waals surface area contributed by atoms with E-state index in [1.807, 2.05) is 18.2 Å². The van der Waals surface area contributed by atoms with Crippen molar-refractivity contribution in [1.29, 1.82) is 0 Å². The minimum atomic E-state index is -1.19. The quantitative estimate of drug-likeness (QED) is 0.509. The van der Waals surface area contributed by atoms with Crippen molar-refractivity contribution >= 4 is 29.8 Å². The molecule has 0 fully saturated rings. The first-order chi connectivity index (χ1) is 12.6. The van der Waals surface area contributed by atoms with Gasteiger partial charge in [0.05, 0.1) is 12.8 Å². The summed E-state index contributed by atoms with van der Waals surface area (Å²) in [5.74, 6) is -0.688. The minimum absolute atomic E-state index is 0.0527. The number of aliphatic hydroxyl groups excluding tert-OH is 1. The van der Waals surface area contributed by atoms with Crippen molar-refractivity contribution in [2.75, 3.05) is 6.61 Å². The van der Waals surface area contributed by atoms with E-state index in [1.54, 1.807) is 36.4 Å². The third-order valence-electron chi connectivity index (χ3n) is 3.29. The third kappa shape index (κ3) is 6.19. The summed E-state index contributed by atoms with van der Waals surface area (Å²) in [6.45, 7) is -0.551. The number of aliphatic hydroxyl groups is 1. The molecule has 0 unspecified atom stereocenters.